The van der Waals surface area contributed by atoms with Crippen molar-refractivity contribution in [3.8, 4) is 0 Å². The molecule has 0 saturated carbocycles. The molecule has 94 valence electrons. The highest BCUT2D eigenvalue weighted by atomic mass is 79.9. The highest BCUT2D eigenvalue weighted by Crippen LogP contribution is 2.31. The number of rotatable bonds is 2. The van der Waals surface area contributed by atoms with Crippen LogP contribution >= 0.6 is 27.5 Å². The fraction of sp³-hybridized carbons (Fsp3) is 0.200. The lowest BCUT2D eigenvalue weighted by Crippen LogP contribution is -2.01. The highest BCUT2D eigenvalue weighted by Gasteiger charge is 2.14. The molecule has 2 aromatic carbocycles. The van der Waals surface area contributed by atoms with Crippen LogP contribution in [-0.2, 0) is 0 Å². The van der Waals surface area contributed by atoms with Gasteiger partial charge in [-0.3, -0.25) is 0 Å². The number of halogens is 2. The molecule has 1 unspecified atom stereocenters. The maximum Gasteiger partial charge on any atom is 0.105 e. The SMILES string of the molecule is Cc1ccc(C(O)c2cc(Cl)ccc2Br)cc1C. The first-order valence-electron chi connectivity index (χ1n) is 5.69. The molecule has 0 heterocycles. The first kappa shape index (κ1) is 13.6. The van der Waals surface area contributed by atoms with E-state index in [1.165, 1.54) is 11.1 Å². The van der Waals surface area contributed by atoms with Gasteiger partial charge in [-0.25, -0.2) is 0 Å². The number of aliphatic hydroxyl groups excluding tert-OH is 1. The fourth-order valence-corrected chi connectivity index (χ4v) is 2.48. The van der Waals surface area contributed by atoms with Crippen LogP contribution in [0, 0.1) is 13.8 Å². The number of aliphatic hydroxyl groups is 1. The summed E-state index contributed by atoms with van der Waals surface area (Å²) in [6, 6.07) is 11.4. The van der Waals surface area contributed by atoms with Gasteiger partial charge in [-0.15, -0.1) is 0 Å². The average molecular weight is 326 g/mol. The molecule has 0 amide bonds. The van der Waals surface area contributed by atoms with E-state index < -0.39 is 6.10 Å². The molecule has 0 aliphatic heterocycles. The summed E-state index contributed by atoms with van der Waals surface area (Å²) in [6.07, 6.45) is -0.669. The largest absolute Gasteiger partial charge is 0.384 e. The van der Waals surface area contributed by atoms with Gasteiger partial charge < -0.3 is 5.11 Å². The fourth-order valence-electron chi connectivity index (χ4n) is 1.84. The minimum absolute atomic E-state index is 0.621. The van der Waals surface area contributed by atoms with Crippen molar-refractivity contribution in [2.45, 2.75) is 20.0 Å². The normalized spacial score (nSPS) is 12.5. The van der Waals surface area contributed by atoms with Crippen LogP contribution in [0.15, 0.2) is 40.9 Å². The van der Waals surface area contributed by atoms with Gasteiger partial charge in [0.15, 0.2) is 0 Å². The lowest BCUT2D eigenvalue weighted by Gasteiger charge is -2.15. The van der Waals surface area contributed by atoms with Gasteiger partial charge >= 0.3 is 0 Å². The molecule has 1 nitrogen and oxygen atoms in total. The van der Waals surface area contributed by atoms with Crippen molar-refractivity contribution in [2.75, 3.05) is 0 Å². The Bertz CT molecular complexity index is 581. The van der Waals surface area contributed by atoms with Crippen LogP contribution in [0.1, 0.15) is 28.4 Å². The molecule has 3 heteroatoms. The molecule has 0 fully saturated rings. The zero-order valence-electron chi connectivity index (χ0n) is 10.2. The molecule has 0 aromatic heterocycles. The number of aryl methyl sites for hydroxylation is 2. The summed E-state index contributed by atoms with van der Waals surface area (Å²) in [5.41, 5.74) is 4.05. The molecule has 0 saturated heterocycles. The molecule has 2 rings (SSSR count). The van der Waals surface area contributed by atoms with Crippen molar-refractivity contribution in [1.29, 1.82) is 0 Å². The van der Waals surface area contributed by atoms with E-state index in [-0.39, 0.29) is 0 Å². The lowest BCUT2D eigenvalue weighted by atomic mass is 9.98. The Morgan fingerprint density at radius 3 is 2.44 bits per heavy atom. The standard InChI is InChI=1S/C15H14BrClO/c1-9-3-4-11(7-10(9)2)15(18)13-8-12(17)5-6-14(13)16/h3-8,15,18H,1-2H3. The van der Waals surface area contributed by atoms with Crippen LogP contribution in [0.3, 0.4) is 0 Å². The van der Waals surface area contributed by atoms with Crippen LogP contribution in [0.25, 0.3) is 0 Å². The summed E-state index contributed by atoms with van der Waals surface area (Å²) in [6.45, 7) is 4.10. The first-order chi connectivity index (χ1) is 8.49. The van der Waals surface area contributed by atoms with Crippen LogP contribution in [0.2, 0.25) is 5.02 Å². The van der Waals surface area contributed by atoms with Gasteiger partial charge in [0.05, 0.1) is 0 Å². The van der Waals surface area contributed by atoms with Crippen LogP contribution in [0.5, 0.6) is 0 Å². The molecule has 0 spiro atoms. The van der Waals surface area contributed by atoms with Gasteiger partial charge in [-0.05, 0) is 48.7 Å². The van der Waals surface area contributed by atoms with E-state index in [0.717, 1.165) is 15.6 Å². The van der Waals surface area contributed by atoms with Crippen molar-refractivity contribution in [3.05, 3.63) is 68.1 Å². The maximum absolute atomic E-state index is 10.4. The number of hydrogen-bond acceptors (Lipinski definition) is 1. The molecule has 18 heavy (non-hydrogen) atoms. The van der Waals surface area contributed by atoms with Gasteiger partial charge in [0.2, 0.25) is 0 Å². The minimum atomic E-state index is -0.669. The zero-order chi connectivity index (χ0) is 13.3. The molecule has 2 aromatic rings. The van der Waals surface area contributed by atoms with E-state index in [0.29, 0.717) is 5.02 Å². The molecule has 0 aliphatic carbocycles. The molecule has 1 N–H and O–H groups in total. The third-order valence-electron chi connectivity index (χ3n) is 3.10. The molecular weight excluding hydrogens is 312 g/mol. The second kappa shape index (κ2) is 5.43. The Morgan fingerprint density at radius 2 is 1.78 bits per heavy atom. The second-order valence-electron chi connectivity index (χ2n) is 4.41. The Morgan fingerprint density at radius 1 is 1.06 bits per heavy atom. The second-order valence-corrected chi connectivity index (χ2v) is 5.70. The van der Waals surface area contributed by atoms with E-state index in [9.17, 15) is 5.11 Å². The van der Waals surface area contributed by atoms with Crippen LogP contribution < -0.4 is 0 Å². The molecular formula is C15H14BrClO. The maximum atomic E-state index is 10.4. The summed E-state index contributed by atoms with van der Waals surface area (Å²) < 4.78 is 0.859. The van der Waals surface area contributed by atoms with Gasteiger partial charge in [0.1, 0.15) is 6.10 Å². The van der Waals surface area contributed by atoms with E-state index in [2.05, 4.69) is 22.9 Å². The predicted molar refractivity (Wildman–Crippen MR) is 79.1 cm³/mol. The topological polar surface area (TPSA) is 20.2 Å². The monoisotopic (exact) mass is 324 g/mol. The summed E-state index contributed by atoms with van der Waals surface area (Å²) in [4.78, 5) is 0. The Hall–Kier alpha value is -0.830. The summed E-state index contributed by atoms with van der Waals surface area (Å²) in [5, 5.41) is 11.0. The van der Waals surface area contributed by atoms with E-state index in [1.807, 2.05) is 31.2 Å². The predicted octanol–water partition coefficient (Wildman–Crippen LogP) is 4.80. The number of benzene rings is 2. The summed E-state index contributed by atoms with van der Waals surface area (Å²) >= 11 is 9.42. The van der Waals surface area contributed by atoms with Crippen molar-refractivity contribution in [2.24, 2.45) is 0 Å². The van der Waals surface area contributed by atoms with Gasteiger partial charge in [-0.1, -0.05) is 45.7 Å². The molecule has 0 bridgehead atoms. The third kappa shape index (κ3) is 2.77. The summed E-state index contributed by atoms with van der Waals surface area (Å²) in [5.74, 6) is 0. The van der Waals surface area contributed by atoms with Crippen molar-refractivity contribution < 1.29 is 5.11 Å². The lowest BCUT2D eigenvalue weighted by molar-refractivity contribution is 0.219. The molecule has 0 aliphatic rings. The third-order valence-corrected chi connectivity index (χ3v) is 4.06. The van der Waals surface area contributed by atoms with E-state index >= 15 is 0 Å². The van der Waals surface area contributed by atoms with Gasteiger partial charge in [-0.2, -0.15) is 0 Å². The van der Waals surface area contributed by atoms with Crippen molar-refractivity contribution >= 4 is 27.5 Å². The average Bonchev–Trinajstić information content (AvgIpc) is 2.35. The highest BCUT2D eigenvalue weighted by molar-refractivity contribution is 9.10. The number of hydrogen-bond donors (Lipinski definition) is 1. The first-order valence-corrected chi connectivity index (χ1v) is 6.86. The van der Waals surface area contributed by atoms with Gasteiger partial charge in [0, 0.05) is 15.1 Å². The summed E-state index contributed by atoms with van der Waals surface area (Å²) in [7, 11) is 0. The van der Waals surface area contributed by atoms with Crippen LogP contribution in [0.4, 0.5) is 0 Å². The zero-order valence-corrected chi connectivity index (χ0v) is 12.6. The Balaban J connectivity index is 2.44. The minimum Gasteiger partial charge on any atom is -0.384 e. The van der Waals surface area contributed by atoms with Gasteiger partial charge in [0.25, 0.3) is 0 Å². The smallest absolute Gasteiger partial charge is 0.105 e. The molecule has 0 radical (unpaired) electrons. The molecule has 1 atom stereocenters. The van der Waals surface area contributed by atoms with E-state index in [4.69, 9.17) is 11.6 Å². The van der Waals surface area contributed by atoms with Crippen molar-refractivity contribution in [3.63, 3.8) is 0 Å². The Kier molecular flexibility index (Phi) is 4.10. The Labute approximate surface area is 121 Å². The van der Waals surface area contributed by atoms with Crippen LogP contribution in [-0.4, -0.2) is 5.11 Å². The quantitative estimate of drug-likeness (QED) is 0.841. The van der Waals surface area contributed by atoms with Crippen molar-refractivity contribution in [1.82, 2.24) is 0 Å². The van der Waals surface area contributed by atoms with E-state index in [1.54, 1.807) is 12.1 Å².